The van der Waals surface area contributed by atoms with Gasteiger partial charge in [0, 0.05) is 5.92 Å². The predicted octanol–water partition coefficient (Wildman–Crippen LogP) is 4.40. The molecule has 0 aliphatic heterocycles. The Hall–Kier alpha value is -2.29. The van der Waals surface area contributed by atoms with Crippen molar-refractivity contribution in [3.05, 3.63) is 65.2 Å². The zero-order chi connectivity index (χ0) is 16.4. The molecule has 0 radical (unpaired) electrons. The molecule has 0 bridgehead atoms. The number of aliphatic carboxylic acids is 1. The summed E-state index contributed by atoms with van der Waals surface area (Å²) in [6.45, 7) is 3.14. The Morgan fingerprint density at radius 1 is 1.17 bits per heavy atom. The summed E-state index contributed by atoms with van der Waals surface area (Å²) < 4.78 is 5.67. The summed E-state index contributed by atoms with van der Waals surface area (Å²) in [4.78, 5) is 11.2. The van der Waals surface area contributed by atoms with E-state index < -0.39 is 11.6 Å². The number of benzene rings is 2. The van der Waals surface area contributed by atoms with Crippen molar-refractivity contribution < 1.29 is 14.6 Å². The molecule has 0 saturated carbocycles. The molecule has 1 atom stereocenters. The van der Waals surface area contributed by atoms with Crippen molar-refractivity contribution in [2.45, 2.75) is 44.6 Å². The Morgan fingerprint density at radius 3 is 2.61 bits per heavy atom. The van der Waals surface area contributed by atoms with Crippen LogP contribution in [-0.2, 0) is 11.2 Å². The van der Waals surface area contributed by atoms with E-state index in [0.717, 1.165) is 19.3 Å². The maximum atomic E-state index is 11.2. The molecule has 2 aromatic rings. The van der Waals surface area contributed by atoms with Crippen LogP contribution in [-0.4, -0.2) is 16.7 Å². The Kier molecular flexibility index (Phi) is 4.12. The molecular formula is C20H22O3. The minimum atomic E-state index is -1.22. The Bertz CT molecular complexity index is 704. The van der Waals surface area contributed by atoms with Crippen molar-refractivity contribution >= 4 is 5.97 Å². The smallest absolute Gasteiger partial charge is 0.347 e. The molecule has 0 fully saturated rings. The second-order valence-corrected chi connectivity index (χ2v) is 6.63. The third kappa shape index (κ3) is 3.24. The second kappa shape index (κ2) is 6.07. The number of carbonyl (C=O) groups is 1. The Morgan fingerprint density at radius 2 is 1.91 bits per heavy atom. The number of aryl methyl sites for hydroxylation is 1. The lowest BCUT2D eigenvalue weighted by atomic mass is 9.79. The molecule has 3 rings (SSSR count). The van der Waals surface area contributed by atoms with Crippen LogP contribution in [0.15, 0.2) is 48.5 Å². The molecule has 2 aromatic carbocycles. The van der Waals surface area contributed by atoms with Gasteiger partial charge < -0.3 is 9.84 Å². The number of hydrogen-bond acceptors (Lipinski definition) is 2. The van der Waals surface area contributed by atoms with E-state index in [1.54, 1.807) is 13.8 Å². The van der Waals surface area contributed by atoms with E-state index in [-0.39, 0.29) is 0 Å². The molecule has 120 valence electrons. The van der Waals surface area contributed by atoms with Crippen molar-refractivity contribution in [3.8, 4) is 5.75 Å². The van der Waals surface area contributed by atoms with Crippen LogP contribution in [0.5, 0.6) is 5.75 Å². The molecule has 3 nitrogen and oxygen atoms in total. The van der Waals surface area contributed by atoms with Gasteiger partial charge in [-0.3, -0.25) is 0 Å². The highest BCUT2D eigenvalue weighted by atomic mass is 16.5. The molecule has 1 N–H and O–H groups in total. The molecule has 23 heavy (non-hydrogen) atoms. The quantitative estimate of drug-likeness (QED) is 0.910. The van der Waals surface area contributed by atoms with Crippen LogP contribution in [0.2, 0.25) is 0 Å². The lowest BCUT2D eigenvalue weighted by Crippen LogP contribution is -2.37. The zero-order valence-corrected chi connectivity index (χ0v) is 13.6. The highest BCUT2D eigenvalue weighted by Crippen LogP contribution is 2.38. The standard InChI is InChI=1S/C20H22O3/c1-20(2,19(21)22)23-16-11-12-18-15(13-16)9-6-10-17(18)14-7-4-3-5-8-14/h3-5,7-8,11-13,17H,6,9-10H2,1-2H3,(H,21,22). The molecule has 0 spiro atoms. The average Bonchev–Trinajstić information content (AvgIpc) is 2.54. The van der Waals surface area contributed by atoms with Gasteiger partial charge in [0.05, 0.1) is 0 Å². The fourth-order valence-electron chi connectivity index (χ4n) is 3.22. The normalized spacial score (nSPS) is 17.4. The van der Waals surface area contributed by atoms with E-state index in [4.69, 9.17) is 4.74 Å². The van der Waals surface area contributed by atoms with Gasteiger partial charge in [0.25, 0.3) is 0 Å². The first kappa shape index (κ1) is 15.6. The summed E-state index contributed by atoms with van der Waals surface area (Å²) >= 11 is 0. The first-order valence-electron chi connectivity index (χ1n) is 8.07. The predicted molar refractivity (Wildman–Crippen MR) is 90.0 cm³/mol. The summed E-state index contributed by atoms with van der Waals surface area (Å²) in [5.41, 5.74) is 2.72. The third-order valence-electron chi connectivity index (χ3n) is 4.52. The van der Waals surface area contributed by atoms with Crippen LogP contribution in [0.3, 0.4) is 0 Å². The fourth-order valence-corrected chi connectivity index (χ4v) is 3.22. The number of ether oxygens (including phenoxy) is 1. The van der Waals surface area contributed by atoms with Crippen LogP contribution in [0, 0.1) is 0 Å². The lowest BCUT2D eigenvalue weighted by molar-refractivity contribution is -0.152. The monoisotopic (exact) mass is 310 g/mol. The number of fused-ring (bicyclic) bond motifs is 1. The van der Waals surface area contributed by atoms with Gasteiger partial charge in [-0.15, -0.1) is 0 Å². The molecule has 0 amide bonds. The molecule has 1 unspecified atom stereocenters. The van der Waals surface area contributed by atoms with E-state index in [0.29, 0.717) is 11.7 Å². The fraction of sp³-hybridized carbons (Fsp3) is 0.350. The molecule has 0 aromatic heterocycles. The van der Waals surface area contributed by atoms with Crippen LogP contribution in [0.4, 0.5) is 0 Å². The van der Waals surface area contributed by atoms with Gasteiger partial charge >= 0.3 is 5.97 Å². The summed E-state index contributed by atoms with van der Waals surface area (Å²) in [5, 5.41) is 9.21. The maximum absolute atomic E-state index is 11.2. The van der Waals surface area contributed by atoms with Gasteiger partial charge in [-0.25, -0.2) is 4.79 Å². The molecular weight excluding hydrogens is 288 g/mol. The number of hydrogen-bond donors (Lipinski definition) is 1. The van der Waals surface area contributed by atoms with Crippen molar-refractivity contribution in [1.82, 2.24) is 0 Å². The van der Waals surface area contributed by atoms with Crippen LogP contribution < -0.4 is 4.74 Å². The summed E-state index contributed by atoms with van der Waals surface area (Å²) in [7, 11) is 0. The van der Waals surface area contributed by atoms with Gasteiger partial charge in [-0.05, 0) is 61.9 Å². The summed E-state index contributed by atoms with van der Waals surface area (Å²) in [6.07, 6.45) is 3.31. The number of rotatable bonds is 4. The Labute approximate surface area is 136 Å². The second-order valence-electron chi connectivity index (χ2n) is 6.63. The van der Waals surface area contributed by atoms with Crippen molar-refractivity contribution in [1.29, 1.82) is 0 Å². The van der Waals surface area contributed by atoms with Crippen molar-refractivity contribution in [2.24, 2.45) is 0 Å². The zero-order valence-electron chi connectivity index (χ0n) is 13.6. The largest absolute Gasteiger partial charge is 0.478 e. The van der Waals surface area contributed by atoms with Crippen LogP contribution in [0.25, 0.3) is 0 Å². The van der Waals surface area contributed by atoms with E-state index in [1.807, 2.05) is 18.2 Å². The van der Waals surface area contributed by atoms with E-state index in [2.05, 4.69) is 30.3 Å². The molecule has 0 saturated heterocycles. The summed E-state index contributed by atoms with van der Waals surface area (Å²) in [6, 6.07) is 16.6. The summed E-state index contributed by atoms with van der Waals surface area (Å²) in [5.74, 6) is 0.0868. The SMILES string of the molecule is CC(C)(Oc1ccc2c(c1)CCCC2c1ccccc1)C(=O)O. The average molecular weight is 310 g/mol. The van der Waals surface area contributed by atoms with Gasteiger partial charge in [-0.1, -0.05) is 36.4 Å². The highest BCUT2D eigenvalue weighted by Gasteiger charge is 2.30. The topological polar surface area (TPSA) is 46.5 Å². The lowest BCUT2D eigenvalue weighted by Gasteiger charge is -2.28. The molecule has 1 aliphatic carbocycles. The molecule has 0 heterocycles. The number of carboxylic acid groups (broad SMARTS) is 1. The maximum Gasteiger partial charge on any atom is 0.347 e. The van der Waals surface area contributed by atoms with E-state index in [1.165, 1.54) is 16.7 Å². The van der Waals surface area contributed by atoms with Gasteiger partial charge in [0.2, 0.25) is 0 Å². The van der Waals surface area contributed by atoms with Crippen molar-refractivity contribution in [2.75, 3.05) is 0 Å². The van der Waals surface area contributed by atoms with Gasteiger partial charge in [-0.2, -0.15) is 0 Å². The highest BCUT2D eigenvalue weighted by molar-refractivity contribution is 5.76. The minimum absolute atomic E-state index is 0.418. The van der Waals surface area contributed by atoms with Gasteiger partial charge in [0.15, 0.2) is 5.60 Å². The first-order chi connectivity index (χ1) is 11.0. The first-order valence-corrected chi connectivity index (χ1v) is 8.07. The van der Waals surface area contributed by atoms with Gasteiger partial charge in [0.1, 0.15) is 5.75 Å². The van der Waals surface area contributed by atoms with Crippen molar-refractivity contribution in [3.63, 3.8) is 0 Å². The molecule has 3 heteroatoms. The minimum Gasteiger partial charge on any atom is -0.478 e. The third-order valence-corrected chi connectivity index (χ3v) is 4.52. The molecule has 1 aliphatic rings. The number of carboxylic acids is 1. The van der Waals surface area contributed by atoms with E-state index >= 15 is 0 Å². The van der Waals surface area contributed by atoms with E-state index in [9.17, 15) is 9.90 Å². The van der Waals surface area contributed by atoms with Crippen LogP contribution >= 0.6 is 0 Å². The Balaban J connectivity index is 1.90. The van der Waals surface area contributed by atoms with Crippen LogP contribution in [0.1, 0.15) is 49.3 Å².